The van der Waals surface area contributed by atoms with Crippen molar-refractivity contribution in [3.8, 4) is 0 Å². The second-order valence-electron chi connectivity index (χ2n) is 4.43. The van der Waals surface area contributed by atoms with Gasteiger partial charge in [-0.25, -0.2) is 0 Å². The minimum atomic E-state index is -0.750. The summed E-state index contributed by atoms with van der Waals surface area (Å²) in [6.45, 7) is 0.597. The van der Waals surface area contributed by atoms with Gasteiger partial charge in [-0.05, 0) is 18.8 Å². The maximum Gasteiger partial charge on any atom is 0.223 e. The first kappa shape index (κ1) is 9.93. The third kappa shape index (κ3) is 1.91. The summed E-state index contributed by atoms with van der Waals surface area (Å²) in [7, 11) is 0. The lowest BCUT2D eigenvalue weighted by Crippen LogP contribution is -2.32. The molecule has 80 valence electrons. The Morgan fingerprint density at radius 3 is 2.21 bits per heavy atom. The van der Waals surface area contributed by atoms with Crippen molar-refractivity contribution >= 4 is 5.91 Å². The van der Waals surface area contributed by atoms with Crippen LogP contribution in [0.1, 0.15) is 25.7 Å². The number of aliphatic hydroxyl groups excluding tert-OH is 2. The van der Waals surface area contributed by atoms with Crippen molar-refractivity contribution in [1.82, 2.24) is 4.90 Å². The van der Waals surface area contributed by atoms with Crippen molar-refractivity contribution in [3.63, 3.8) is 0 Å². The molecule has 0 aromatic rings. The maximum atomic E-state index is 11.6. The molecule has 1 saturated heterocycles. The van der Waals surface area contributed by atoms with Crippen molar-refractivity contribution < 1.29 is 15.0 Å². The molecule has 4 heteroatoms. The topological polar surface area (TPSA) is 60.8 Å². The Hall–Kier alpha value is -0.610. The zero-order valence-electron chi connectivity index (χ0n) is 8.22. The van der Waals surface area contributed by atoms with Crippen LogP contribution in [0.3, 0.4) is 0 Å². The summed E-state index contributed by atoms with van der Waals surface area (Å²) in [5, 5.41) is 18.6. The predicted molar refractivity (Wildman–Crippen MR) is 50.6 cm³/mol. The molecule has 1 aliphatic heterocycles. The number of amides is 1. The third-order valence-corrected chi connectivity index (χ3v) is 3.30. The molecule has 1 aliphatic carbocycles. The Kier molecular flexibility index (Phi) is 2.74. The van der Waals surface area contributed by atoms with Gasteiger partial charge in [0.15, 0.2) is 0 Å². The fraction of sp³-hybridized carbons (Fsp3) is 0.900. The molecule has 2 unspecified atom stereocenters. The van der Waals surface area contributed by atoms with Gasteiger partial charge in [0.05, 0.1) is 12.2 Å². The van der Waals surface area contributed by atoms with Crippen LogP contribution < -0.4 is 0 Å². The number of carbonyl (C=O) groups excluding carboxylic acids is 1. The van der Waals surface area contributed by atoms with E-state index in [9.17, 15) is 15.0 Å². The molecule has 2 atom stereocenters. The average molecular weight is 199 g/mol. The van der Waals surface area contributed by atoms with E-state index < -0.39 is 12.2 Å². The number of carbonyl (C=O) groups is 1. The van der Waals surface area contributed by atoms with Crippen molar-refractivity contribution in [1.29, 1.82) is 0 Å². The molecule has 0 aromatic carbocycles. The Labute approximate surface area is 83.5 Å². The van der Waals surface area contributed by atoms with E-state index in [0.29, 0.717) is 25.4 Å². The summed E-state index contributed by atoms with van der Waals surface area (Å²) >= 11 is 0. The Balaban J connectivity index is 1.80. The zero-order valence-corrected chi connectivity index (χ0v) is 8.22. The van der Waals surface area contributed by atoms with E-state index in [4.69, 9.17) is 0 Å². The quantitative estimate of drug-likeness (QED) is 0.644. The number of rotatable bonds is 2. The normalized spacial score (nSPS) is 33.1. The average Bonchev–Trinajstić information content (AvgIpc) is 2.40. The lowest BCUT2D eigenvalue weighted by atomic mass is 9.83. The molecule has 2 fully saturated rings. The van der Waals surface area contributed by atoms with E-state index in [1.54, 1.807) is 4.90 Å². The molecule has 0 spiro atoms. The van der Waals surface area contributed by atoms with E-state index in [-0.39, 0.29) is 5.91 Å². The first-order valence-electron chi connectivity index (χ1n) is 5.30. The number of nitrogens with zero attached hydrogens (tertiary/aromatic N) is 1. The fourth-order valence-electron chi connectivity index (χ4n) is 2.05. The first-order valence-corrected chi connectivity index (χ1v) is 5.30. The summed E-state index contributed by atoms with van der Waals surface area (Å²) in [4.78, 5) is 13.2. The lowest BCUT2D eigenvalue weighted by molar-refractivity contribution is -0.132. The first-order chi connectivity index (χ1) is 6.66. The fourth-order valence-corrected chi connectivity index (χ4v) is 2.05. The van der Waals surface area contributed by atoms with Crippen molar-refractivity contribution in [3.05, 3.63) is 0 Å². The van der Waals surface area contributed by atoms with Crippen LogP contribution in [0.25, 0.3) is 0 Å². The lowest BCUT2D eigenvalue weighted by Gasteiger charge is -2.26. The number of likely N-dealkylation sites (tertiary alicyclic amines) is 1. The highest BCUT2D eigenvalue weighted by Gasteiger charge is 2.33. The van der Waals surface area contributed by atoms with Crippen molar-refractivity contribution in [2.45, 2.75) is 37.9 Å². The van der Waals surface area contributed by atoms with Crippen LogP contribution in [0.5, 0.6) is 0 Å². The zero-order chi connectivity index (χ0) is 10.1. The molecule has 1 saturated carbocycles. The third-order valence-electron chi connectivity index (χ3n) is 3.30. The summed E-state index contributed by atoms with van der Waals surface area (Å²) in [6.07, 6.45) is 2.65. The second-order valence-corrected chi connectivity index (χ2v) is 4.43. The predicted octanol–water partition coefficient (Wildman–Crippen LogP) is -0.259. The van der Waals surface area contributed by atoms with Gasteiger partial charge in [0, 0.05) is 19.5 Å². The van der Waals surface area contributed by atoms with Gasteiger partial charge >= 0.3 is 0 Å². The van der Waals surface area contributed by atoms with E-state index >= 15 is 0 Å². The summed E-state index contributed by atoms with van der Waals surface area (Å²) in [5.74, 6) is 0.641. The maximum absolute atomic E-state index is 11.6. The van der Waals surface area contributed by atoms with E-state index in [1.165, 1.54) is 6.42 Å². The standard InChI is InChI=1S/C10H17NO3/c12-8-5-11(6-9(8)13)10(14)4-7-2-1-3-7/h7-9,12-13H,1-6H2. The molecule has 1 heterocycles. The van der Waals surface area contributed by atoms with Gasteiger partial charge in [-0.2, -0.15) is 0 Å². The molecule has 0 radical (unpaired) electrons. The van der Waals surface area contributed by atoms with Crippen molar-refractivity contribution in [2.75, 3.05) is 13.1 Å². The number of hydrogen-bond donors (Lipinski definition) is 2. The monoisotopic (exact) mass is 199 g/mol. The van der Waals surface area contributed by atoms with Gasteiger partial charge in [0.1, 0.15) is 0 Å². The highest BCUT2D eigenvalue weighted by molar-refractivity contribution is 5.77. The molecule has 0 aromatic heterocycles. The van der Waals surface area contributed by atoms with Crippen LogP contribution in [-0.2, 0) is 4.79 Å². The summed E-state index contributed by atoms with van der Waals surface area (Å²) < 4.78 is 0. The van der Waals surface area contributed by atoms with Crippen LogP contribution >= 0.6 is 0 Å². The van der Waals surface area contributed by atoms with Gasteiger partial charge in [-0.15, -0.1) is 0 Å². The van der Waals surface area contributed by atoms with Crippen LogP contribution in [0.2, 0.25) is 0 Å². The Morgan fingerprint density at radius 2 is 1.79 bits per heavy atom. The van der Waals surface area contributed by atoms with E-state index in [1.807, 2.05) is 0 Å². The van der Waals surface area contributed by atoms with E-state index in [2.05, 4.69) is 0 Å². The largest absolute Gasteiger partial charge is 0.388 e. The highest BCUT2D eigenvalue weighted by Crippen LogP contribution is 2.30. The van der Waals surface area contributed by atoms with Crippen LogP contribution in [0.15, 0.2) is 0 Å². The molecule has 2 aliphatic rings. The molecular formula is C10H17NO3. The van der Waals surface area contributed by atoms with Crippen LogP contribution in [0.4, 0.5) is 0 Å². The number of aliphatic hydroxyl groups is 2. The smallest absolute Gasteiger partial charge is 0.223 e. The number of β-amino-alcohol motifs (C(OH)–C–C–N with tert-alkyl or cyclic N) is 2. The molecule has 0 bridgehead atoms. The molecule has 4 nitrogen and oxygen atoms in total. The van der Waals surface area contributed by atoms with Gasteiger partial charge in [0.25, 0.3) is 0 Å². The van der Waals surface area contributed by atoms with Crippen LogP contribution in [0, 0.1) is 5.92 Å². The minimum absolute atomic E-state index is 0.0882. The van der Waals surface area contributed by atoms with Gasteiger partial charge < -0.3 is 15.1 Å². The SMILES string of the molecule is O=C(CC1CCC1)N1CC(O)C(O)C1. The van der Waals surface area contributed by atoms with Gasteiger partial charge in [-0.1, -0.05) is 6.42 Å². The van der Waals surface area contributed by atoms with E-state index in [0.717, 1.165) is 12.8 Å². The van der Waals surface area contributed by atoms with Crippen LogP contribution in [-0.4, -0.2) is 46.3 Å². The molecule has 1 amide bonds. The molecular weight excluding hydrogens is 182 g/mol. The van der Waals surface area contributed by atoms with Gasteiger partial charge in [0.2, 0.25) is 5.91 Å². The highest BCUT2D eigenvalue weighted by atomic mass is 16.3. The summed E-state index contributed by atoms with van der Waals surface area (Å²) in [6, 6.07) is 0. The van der Waals surface area contributed by atoms with Crippen molar-refractivity contribution in [2.24, 2.45) is 5.92 Å². The number of hydrogen-bond acceptors (Lipinski definition) is 3. The second kappa shape index (κ2) is 3.87. The molecule has 2 rings (SSSR count). The molecule has 2 N–H and O–H groups in total. The van der Waals surface area contributed by atoms with Gasteiger partial charge in [-0.3, -0.25) is 4.79 Å². The Bertz CT molecular complexity index is 217. The minimum Gasteiger partial charge on any atom is -0.388 e. The summed E-state index contributed by atoms with van der Waals surface area (Å²) in [5.41, 5.74) is 0. The Morgan fingerprint density at radius 1 is 1.21 bits per heavy atom. The molecule has 14 heavy (non-hydrogen) atoms.